The monoisotopic (exact) mass is 193 g/mol. The Balaban J connectivity index is 2.81. The van der Waals surface area contributed by atoms with Gasteiger partial charge in [0, 0.05) is 0 Å². The van der Waals surface area contributed by atoms with E-state index in [2.05, 4.69) is 5.16 Å². The molecule has 1 aromatic heterocycles. The third-order valence-corrected chi connectivity index (χ3v) is 1.88. The van der Waals surface area contributed by atoms with E-state index in [4.69, 9.17) is 14.4 Å². The molecule has 0 saturated heterocycles. The van der Waals surface area contributed by atoms with E-state index in [1.165, 1.54) is 7.11 Å². The van der Waals surface area contributed by atoms with Crippen molar-refractivity contribution in [2.75, 3.05) is 7.11 Å². The van der Waals surface area contributed by atoms with Crippen LogP contribution in [-0.2, 0) is 0 Å². The fourth-order valence-electron chi connectivity index (χ4n) is 1.28. The number of hydrogen-bond acceptors (Lipinski definition) is 4. The molecule has 14 heavy (non-hydrogen) atoms. The van der Waals surface area contributed by atoms with Crippen molar-refractivity contribution in [1.82, 2.24) is 5.16 Å². The Hall–Kier alpha value is -2.04. The molecule has 0 unspecified atom stereocenters. The lowest BCUT2D eigenvalue weighted by atomic mass is 10.2. The lowest BCUT2D eigenvalue weighted by molar-refractivity contribution is 0.0687. The van der Waals surface area contributed by atoms with E-state index in [0.29, 0.717) is 16.7 Å². The molecule has 0 fully saturated rings. The van der Waals surface area contributed by atoms with Gasteiger partial charge in [0.05, 0.1) is 12.5 Å². The van der Waals surface area contributed by atoms with Crippen molar-refractivity contribution < 1.29 is 19.2 Å². The Bertz CT molecular complexity index is 489. The molecular weight excluding hydrogens is 186 g/mol. The number of nitrogens with zero attached hydrogens (tertiary/aromatic N) is 1. The molecule has 0 aliphatic rings. The van der Waals surface area contributed by atoms with Crippen molar-refractivity contribution in [3.05, 3.63) is 23.9 Å². The number of rotatable bonds is 2. The molecule has 0 atom stereocenters. The first-order valence-corrected chi connectivity index (χ1v) is 3.89. The van der Waals surface area contributed by atoms with Gasteiger partial charge in [-0.3, -0.25) is 0 Å². The summed E-state index contributed by atoms with van der Waals surface area (Å²) in [6.07, 6.45) is 0. The lowest BCUT2D eigenvalue weighted by Gasteiger charge is -1.99. The van der Waals surface area contributed by atoms with Crippen molar-refractivity contribution in [2.45, 2.75) is 0 Å². The van der Waals surface area contributed by atoms with Gasteiger partial charge in [-0.2, -0.15) is 0 Å². The molecule has 0 amide bonds. The van der Waals surface area contributed by atoms with Gasteiger partial charge < -0.3 is 14.4 Å². The van der Waals surface area contributed by atoms with Gasteiger partial charge in [-0.15, -0.1) is 0 Å². The van der Waals surface area contributed by atoms with Crippen molar-refractivity contribution in [3.63, 3.8) is 0 Å². The Morgan fingerprint density at radius 1 is 1.57 bits per heavy atom. The van der Waals surface area contributed by atoms with E-state index in [-0.39, 0.29) is 5.69 Å². The van der Waals surface area contributed by atoms with E-state index in [1.54, 1.807) is 18.2 Å². The highest BCUT2D eigenvalue weighted by atomic mass is 16.5. The Labute approximate surface area is 78.9 Å². The zero-order valence-corrected chi connectivity index (χ0v) is 7.35. The maximum absolute atomic E-state index is 10.8. The first-order chi connectivity index (χ1) is 6.74. The van der Waals surface area contributed by atoms with Gasteiger partial charge in [-0.25, -0.2) is 4.79 Å². The molecule has 72 valence electrons. The normalized spacial score (nSPS) is 10.4. The molecule has 0 radical (unpaired) electrons. The summed E-state index contributed by atoms with van der Waals surface area (Å²) < 4.78 is 9.86. The number of methoxy groups -OCH3 is 1. The highest BCUT2D eigenvalue weighted by Gasteiger charge is 2.18. The first kappa shape index (κ1) is 8.55. The molecule has 5 nitrogen and oxygen atoms in total. The van der Waals surface area contributed by atoms with Gasteiger partial charge in [-0.05, 0) is 12.1 Å². The molecular formula is C9H7NO4. The summed E-state index contributed by atoms with van der Waals surface area (Å²) in [6.45, 7) is 0. The second-order valence-electron chi connectivity index (χ2n) is 2.67. The van der Waals surface area contributed by atoms with Crippen LogP contribution >= 0.6 is 0 Å². The molecule has 1 N–H and O–H groups in total. The molecule has 2 aromatic rings. The largest absolute Gasteiger partial charge is 0.496 e. The minimum Gasteiger partial charge on any atom is -0.496 e. The van der Waals surface area contributed by atoms with Crippen LogP contribution in [0.3, 0.4) is 0 Å². The SMILES string of the molecule is COc1cccc2onc(C(=O)O)c12. The van der Waals surface area contributed by atoms with Crippen LogP contribution in [0.15, 0.2) is 22.7 Å². The third-order valence-electron chi connectivity index (χ3n) is 1.88. The summed E-state index contributed by atoms with van der Waals surface area (Å²) in [5.41, 5.74) is 0.277. The third kappa shape index (κ3) is 1.10. The standard InChI is InChI=1S/C9H7NO4/c1-13-5-3-2-4-6-7(5)8(9(11)12)10-14-6/h2-4H,1H3,(H,11,12). The van der Waals surface area contributed by atoms with Gasteiger partial charge in [0.15, 0.2) is 5.58 Å². The van der Waals surface area contributed by atoms with E-state index in [1.807, 2.05) is 0 Å². The van der Waals surface area contributed by atoms with Gasteiger partial charge in [0.2, 0.25) is 5.69 Å². The fraction of sp³-hybridized carbons (Fsp3) is 0.111. The fourth-order valence-corrected chi connectivity index (χ4v) is 1.28. The van der Waals surface area contributed by atoms with Crippen LogP contribution in [0.2, 0.25) is 0 Å². The highest BCUT2D eigenvalue weighted by molar-refractivity contribution is 6.02. The number of aromatic carboxylic acids is 1. The van der Waals surface area contributed by atoms with E-state index >= 15 is 0 Å². The van der Waals surface area contributed by atoms with Gasteiger partial charge in [-0.1, -0.05) is 11.2 Å². The van der Waals surface area contributed by atoms with Crippen molar-refractivity contribution >= 4 is 16.9 Å². The maximum atomic E-state index is 10.8. The zero-order chi connectivity index (χ0) is 10.1. The first-order valence-electron chi connectivity index (χ1n) is 3.89. The molecule has 0 saturated carbocycles. The summed E-state index contributed by atoms with van der Waals surface area (Å²) in [4.78, 5) is 10.8. The van der Waals surface area contributed by atoms with Crippen LogP contribution in [-0.4, -0.2) is 23.3 Å². The van der Waals surface area contributed by atoms with E-state index < -0.39 is 5.97 Å². The number of carboxylic acids is 1. The summed E-state index contributed by atoms with van der Waals surface area (Å²) in [7, 11) is 1.47. The summed E-state index contributed by atoms with van der Waals surface area (Å²) in [6, 6.07) is 5.00. The van der Waals surface area contributed by atoms with E-state index in [0.717, 1.165) is 0 Å². The molecule has 2 rings (SSSR count). The number of hydrogen-bond donors (Lipinski definition) is 1. The summed E-state index contributed by atoms with van der Waals surface area (Å²) >= 11 is 0. The van der Waals surface area contributed by atoms with Crippen molar-refractivity contribution in [3.8, 4) is 5.75 Å². The number of benzene rings is 1. The minimum absolute atomic E-state index is 0.127. The Morgan fingerprint density at radius 2 is 2.36 bits per heavy atom. The second kappa shape index (κ2) is 3.02. The maximum Gasteiger partial charge on any atom is 0.358 e. The topological polar surface area (TPSA) is 72.6 Å². The summed E-state index contributed by atoms with van der Waals surface area (Å²) in [5.74, 6) is -0.686. The predicted molar refractivity (Wildman–Crippen MR) is 47.5 cm³/mol. The van der Waals surface area contributed by atoms with Crippen LogP contribution in [0.25, 0.3) is 11.0 Å². The van der Waals surface area contributed by atoms with E-state index in [9.17, 15) is 4.79 Å². The number of aromatic nitrogens is 1. The van der Waals surface area contributed by atoms with Gasteiger partial charge in [0.1, 0.15) is 5.75 Å². The molecule has 0 bridgehead atoms. The van der Waals surface area contributed by atoms with Crippen LogP contribution in [0, 0.1) is 0 Å². The van der Waals surface area contributed by atoms with Crippen molar-refractivity contribution in [1.29, 1.82) is 0 Å². The Kier molecular flexibility index (Phi) is 1.85. The molecule has 1 aromatic carbocycles. The second-order valence-corrected chi connectivity index (χ2v) is 2.67. The van der Waals surface area contributed by atoms with Gasteiger partial charge >= 0.3 is 5.97 Å². The lowest BCUT2D eigenvalue weighted by Crippen LogP contribution is -1.97. The Morgan fingerprint density at radius 3 is 3.00 bits per heavy atom. The average Bonchev–Trinajstić information content (AvgIpc) is 2.60. The number of carbonyl (C=O) groups is 1. The van der Waals surface area contributed by atoms with Crippen LogP contribution < -0.4 is 4.74 Å². The number of carboxylic acid groups (broad SMARTS) is 1. The van der Waals surface area contributed by atoms with Crippen LogP contribution in [0.1, 0.15) is 10.5 Å². The van der Waals surface area contributed by atoms with Gasteiger partial charge in [0.25, 0.3) is 0 Å². The zero-order valence-electron chi connectivity index (χ0n) is 7.35. The molecule has 0 aliphatic heterocycles. The van der Waals surface area contributed by atoms with Crippen LogP contribution in [0.5, 0.6) is 5.75 Å². The molecule has 5 heteroatoms. The quantitative estimate of drug-likeness (QED) is 0.782. The van der Waals surface area contributed by atoms with Crippen molar-refractivity contribution in [2.24, 2.45) is 0 Å². The highest BCUT2D eigenvalue weighted by Crippen LogP contribution is 2.28. The predicted octanol–water partition coefficient (Wildman–Crippen LogP) is 1.53. The molecule has 0 aliphatic carbocycles. The summed E-state index contributed by atoms with van der Waals surface area (Å²) in [5, 5.41) is 12.7. The average molecular weight is 193 g/mol. The smallest absolute Gasteiger partial charge is 0.358 e. The van der Waals surface area contributed by atoms with Crippen LogP contribution in [0.4, 0.5) is 0 Å². The number of ether oxygens (including phenoxy) is 1. The minimum atomic E-state index is -1.13. The molecule has 1 heterocycles. The number of fused-ring (bicyclic) bond motifs is 1. The molecule has 0 spiro atoms.